The molecule has 1 aliphatic heterocycles. The lowest BCUT2D eigenvalue weighted by molar-refractivity contribution is 0.375. The second-order valence-corrected chi connectivity index (χ2v) is 6.87. The first kappa shape index (κ1) is 16.3. The molecule has 1 saturated heterocycles. The van der Waals surface area contributed by atoms with Crippen molar-refractivity contribution in [2.75, 3.05) is 18.0 Å². The monoisotopic (exact) mass is 289 g/mol. The van der Waals surface area contributed by atoms with Crippen LogP contribution in [0, 0.1) is 5.92 Å². The molecule has 0 bridgehead atoms. The van der Waals surface area contributed by atoms with Gasteiger partial charge in [0.25, 0.3) is 0 Å². The third-order valence-corrected chi connectivity index (χ3v) is 4.49. The van der Waals surface area contributed by atoms with Gasteiger partial charge in [-0.05, 0) is 55.8 Å². The zero-order chi connectivity index (χ0) is 15.4. The molecule has 1 N–H and O–H groups in total. The van der Waals surface area contributed by atoms with Gasteiger partial charge < -0.3 is 10.2 Å². The second kappa shape index (κ2) is 7.26. The molecule has 1 aromatic heterocycles. The summed E-state index contributed by atoms with van der Waals surface area (Å²) in [6, 6.07) is 5.13. The molecule has 0 aliphatic carbocycles. The van der Waals surface area contributed by atoms with E-state index in [9.17, 15) is 0 Å². The maximum atomic E-state index is 4.94. The SMILES string of the molecule is CCNCc1cc(C(C)C)nc(N2CCC(C)CC2C)c1. The van der Waals surface area contributed by atoms with Crippen molar-refractivity contribution in [3.05, 3.63) is 23.4 Å². The first-order valence-corrected chi connectivity index (χ1v) is 8.49. The largest absolute Gasteiger partial charge is 0.354 e. The normalized spacial score (nSPS) is 22.9. The lowest BCUT2D eigenvalue weighted by Crippen LogP contribution is -2.41. The summed E-state index contributed by atoms with van der Waals surface area (Å²) in [7, 11) is 0. The van der Waals surface area contributed by atoms with Crippen LogP contribution in [0.5, 0.6) is 0 Å². The molecule has 0 saturated carbocycles. The van der Waals surface area contributed by atoms with Crippen LogP contribution in [0.15, 0.2) is 12.1 Å². The average molecular weight is 289 g/mol. The number of rotatable bonds is 5. The number of hydrogen-bond donors (Lipinski definition) is 1. The molecule has 2 unspecified atom stereocenters. The van der Waals surface area contributed by atoms with E-state index in [1.807, 2.05) is 0 Å². The van der Waals surface area contributed by atoms with Crippen molar-refractivity contribution in [1.29, 1.82) is 0 Å². The molecule has 2 heterocycles. The maximum Gasteiger partial charge on any atom is 0.129 e. The van der Waals surface area contributed by atoms with Gasteiger partial charge in [0.15, 0.2) is 0 Å². The lowest BCUT2D eigenvalue weighted by Gasteiger charge is -2.38. The standard InChI is InChI=1S/C18H31N3/c1-6-19-12-16-10-17(13(2)3)20-18(11-16)21-8-7-14(4)9-15(21)5/h10-11,13-15,19H,6-9,12H2,1-5H3. The Kier molecular flexibility index (Phi) is 5.63. The van der Waals surface area contributed by atoms with E-state index in [0.717, 1.165) is 25.6 Å². The number of pyridine rings is 1. The van der Waals surface area contributed by atoms with Crippen LogP contribution in [-0.4, -0.2) is 24.1 Å². The number of nitrogens with one attached hydrogen (secondary N) is 1. The van der Waals surface area contributed by atoms with E-state index in [1.165, 1.54) is 29.9 Å². The predicted molar refractivity (Wildman–Crippen MR) is 90.9 cm³/mol. The average Bonchev–Trinajstić information content (AvgIpc) is 2.44. The number of nitrogens with zero attached hydrogens (tertiary/aromatic N) is 2. The van der Waals surface area contributed by atoms with Crippen LogP contribution < -0.4 is 10.2 Å². The Bertz CT molecular complexity index is 456. The molecule has 3 nitrogen and oxygen atoms in total. The highest BCUT2D eigenvalue weighted by Gasteiger charge is 2.24. The molecule has 1 fully saturated rings. The van der Waals surface area contributed by atoms with Gasteiger partial charge in [-0.15, -0.1) is 0 Å². The third kappa shape index (κ3) is 4.19. The summed E-state index contributed by atoms with van der Waals surface area (Å²) in [6.45, 7) is 14.4. The zero-order valence-corrected chi connectivity index (χ0v) is 14.3. The van der Waals surface area contributed by atoms with E-state index in [4.69, 9.17) is 4.98 Å². The maximum absolute atomic E-state index is 4.94. The van der Waals surface area contributed by atoms with Gasteiger partial charge in [-0.25, -0.2) is 4.98 Å². The topological polar surface area (TPSA) is 28.2 Å². The van der Waals surface area contributed by atoms with Crippen LogP contribution in [0.4, 0.5) is 5.82 Å². The van der Waals surface area contributed by atoms with E-state index >= 15 is 0 Å². The van der Waals surface area contributed by atoms with Gasteiger partial charge in [0.05, 0.1) is 0 Å². The van der Waals surface area contributed by atoms with Gasteiger partial charge in [-0.1, -0.05) is 27.7 Å². The predicted octanol–water partition coefficient (Wildman–Crippen LogP) is 3.94. The smallest absolute Gasteiger partial charge is 0.129 e. The van der Waals surface area contributed by atoms with Gasteiger partial charge in [-0.2, -0.15) is 0 Å². The Morgan fingerprint density at radius 1 is 1.33 bits per heavy atom. The summed E-state index contributed by atoms with van der Waals surface area (Å²) in [5.74, 6) is 2.49. The fourth-order valence-corrected chi connectivity index (χ4v) is 3.16. The second-order valence-electron chi connectivity index (χ2n) is 6.87. The minimum Gasteiger partial charge on any atom is -0.354 e. The number of hydrogen-bond acceptors (Lipinski definition) is 3. The molecule has 3 heteroatoms. The summed E-state index contributed by atoms with van der Waals surface area (Å²) in [6.07, 6.45) is 2.55. The number of piperidine rings is 1. The van der Waals surface area contributed by atoms with E-state index in [2.05, 4.69) is 57.0 Å². The van der Waals surface area contributed by atoms with E-state index in [1.54, 1.807) is 0 Å². The van der Waals surface area contributed by atoms with Crippen LogP contribution in [0.25, 0.3) is 0 Å². The van der Waals surface area contributed by atoms with Crippen LogP contribution in [-0.2, 0) is 6.54 Å². The highest BCUT2D eigenvalue weighted by molar-refractivity contribution is 5.44. The fourth-order valence-electron chi connectivity index (χ4n) is 3.16. The Morgan fingerprint density at radius 2 is 2.10 bits per heavy atom. The van der Waals surface area contributed by atoms with E-state index in [-0.39, 0.29) is 0 Å². The van der Waals surface area contributed by atoms with Crippen LogP contribution in [0.1, 0.15) is 64.6 Å². The van der Waals surface area contributed by atoms with Crippen molar-refractivity contribution in [2.24, 2.45) is 5.92 Å². The fraction of sp³-hybridized carbons (Fsp3) is 0.722. The van der Waals surface area contributed by atoms with Gasteiger partial charge in [0.2, 0.25) is 0 Å². The summed E-state index contributed by atoms with van der Waals surface area (Å²) in [4.78, 5) is 7.44. The van der Waals surface area contributed by atoms with Gasteiger partial charge >= 0.3 is 0 Å². The van der Waals surface area contributed by atoms with Crippen LogP contribution in [0.3, 0.4) is 0 Å². The molecular formula is C18H31N3. The Labute approximate surface area is 130 Å². The molecule has 0 amide bonds. The molecule has 21 heavy (non-hydrogen) atoms. The number of aromatic nitrogens is 1. The minimum absolute atomic E-state index is 0.476. The molecule has 0 spiro atoms. The van der Waals surface area contributed by atoms with Gasteiger partial charge in [0, 0.05) is 24.8 Å². The summed E-state index contributed by atoms with van der Waals surface area (Å²) in [5, 5.41) is 3.43. The van der Waals surface area contributed by atoms with Crippen LogP contribution >= 0.6 is 0 Å². The Hall–Kier alpha value is -1.09. The molecule has 1 aliphatic rings. The Balaban J connectivity index is 2.26. The zero-order valence-electron chi connectivity index (χ0n) is 14.3. The first-order valence-electron chi connectivity index (χ1n) is 8.49. The van der Waals surface area contributed by atoms with Crippen molar-refractivity contribution >= 4 is 5.82 Å². The van der Waals surface area contributed by atoms with Crippen molar-refractivity contribution in [3.8, 4) is 0 Å². The molecule has 2 atom stereocenters. The molecule has 1 aromatic rings. The highest BCUT2D eigenvalue weighted by Crippen LogP contribution is 2.28. The highest BCUT2D eigenvalue weighted by atomic mass is 15.2. The third-order valence-electron chi connectivity index (χ3n) is 4.49. The van der Waals surface area contributed by atoms with Gasteiger partial charge in [0.1, 0.15) is 5.82 Å². The molecule has 2 rings (SSSR count). The molecule has 0 aromatic carbocycles. The van der Waals surface area contributed by atoms with Crippen molar-refractivity contribution in [2.45, 2.75) is 66.0 Å². The summed E-state index contributed by atoms with van der Waals surface area (Å²) < 4.78 is 0. The van der Waals surface area contributed by atoms with Crippen molar-refractivity contribution in [3.63, 3.8) is 0 Å². The first-order chi connectivity index (χ1) is 10.0. The quantitative estimate of drug-likeness (QED) is 0.890. The van der Waals surface area contributed by atoms with E-state index < -0.39 is 0 Å². The van der Waals surface area contributed by atoms with E-state index in [0.29, 0.717) is 12.0 Å². The molecule has 0 radical (unpaired) electrons. The van der Waals surface area contributed by atoms with Gasteiger partial charge in [-0.3, -0.25) is 0 Å². The number of anilines is 1. The van der Waals surface area contributed by atoms with Crippen LogP contribution in [0.2, 0.25) is 0 Å². The Morgan fingerprint density at radius 3 is 2.71 bits per heavy atom. The summed E-state index contributed by atoms with van der Waals surface area (Å²) in [5.41, 5.74) is 2.57. The van der Waals surface area contributed by atoms with Crippen molar-refractivity contribution < 1.29 is 0 Å². The van der Waals surface area contributed by atoms with Crippen molar-refractivity contribution in [1.82, 2.24) is 10.3 Å². The lowest BCUT2D eigenvalue weighted by atomic mass is 9.93. The molecular weight excluding hydrogens is 258 g/mol. The summed E-state index contributed by atoms with van der Waals surface area (Å²) >= 11 is 0. The molecule has 118 valence electrons. The minimum atomic E-state index is 0.476.